The molecule has 2 aromatic carbocycles. The molecule has 3 aromatic rings. The van der Waals surface area contributed by atoms with Crippen LogP contribution in [0.2, 0.25) is 0 Å². The number of fused-ring (bicyclic) bond motifs is 1. The zero-order valence-corrected chi connectivity index (χ0v) is 13.4. The molecular formula is C20H20FN3. The summed E-state index contributed by atoms with van der Waals surface area (Å²) >= 11 is 0. The maximum Gasteiger partial charge on any atom is 0.123 e. The SMILES string of the molecule is N[C@H]1CN(Cc2cccc3cccnc23)C[C@@H]1c1ccc(F)cc1. The van der Waals surface area contributed by atoms with Crippen LogP contribution in [0.25, 0.3) is 10.9 Å². The number of likely N-dealkylation sites (tertiary alicyclic amines) is 1. The van der Waals surface area contributed by atoms with Crippen molar-refractivity contribution >= 4 is 10.9 Å². The normalized spacial score (nSPS) is 21.4. The van der Waals surface area contributed by atoms with E-state index >= 15 is 0 Å². The number of aromatic nitrogens is 1. The number of nitrogens with zero attached hydrogens (tertiary/aromatic N) is 2. The third-order valence-electron chi connectivity index (χ3n) is 4.85. The van der Waals surface area contributed by atoms with Gasteiger partial charge in [0, 0.05) is 43.2 Å². The summed E-state index contributed by atoms with van der Waals surface area (Å²) in [6.45, 7) is 2.56. The number of hydrogen-bond acceptors (Lipinski definition) is 3. The van der Waals surface area contributed by atoms with Gasteiger partial charge in [-0.3, -0.25) is 9.88 Å². The Kier molecular flexibility index (Phi) is 4.00. The van der Waals surface area contributed by atoms with Crippen molar-refractivity contribution in [1.29, 1.82) is 0 Å². The van der Waals surface area contributed by atoms with Crippen LogP contribution in [-0.2, 0) is 6.54 Å². The van der Waals surface area contributed by atoms with Gasteiger partial charge in [0.15, 0.2) is 0 Å². The summed E-state index contributed by atoms with van der Waals surface area (Å²) in [5.41, 5.74) is 9.74. The largest absolute Gasteiger partial charge is 0.326 e. The fourth-order valence-electron chi connectivity index (χ4n) is 3.64. The number of para-hydroxylation sites is 1. The van der Waals surface area contributed by atoms with Crippen LogP contribution in [0.5, 0.6) is 0 Å². The summed E-state index contributed by atoms with van der Waals surface area (Å²) < 4.78 is 13.1. The predicted octanol–water partition coefficient (Wildman–Crippen LogP) is 3.30. The van der Waals surface area contributed by atoms with Crippen LogP contribution in [0.4, 0.5) is 4.39 Å². The van der Waals surface area contributed by atoms with Gasteiger partial charge in [-0.25, -0.2) is 4.39 Å². The van der Waals surface area contributed by atoms with E-state index in [1.54, 1.807) is 0 Å². The first-order valence-electron chi connectivity index (χ1n) is 8.27. The van der Waals surface area contributed by atoms with Crippen LogP contribution in [0, 0.1) is 5.82 Å². The molecule has 1 aromatic heterocycles. The van der Waals surface area contributed by atoms with E-state index < -0.39 is 0 Å². The molecule has 122 valence electrons. The van der Waals surface area contributed by atoms with E-state index in [1.165, 1.54) is 17.7 Å². The lowest BCUT2D eigenvalue weighted by Gasteiger charge is -2.17. The molecule has 2 atom stereocenters. The highest BCUT2D eigenvalue weighted by atomic mass is 19.1. The summed E-state index contributed by atoms with van der Waals surface area (Å²) in [6, 6.07) is 17.1. The summed E-state index contributed by atoms with van der Waals surface area (Å²) in [5.74, 6) is 0.0394. The van der Waals surface area contributed by atoms with Gasteiger partial charge in [0.05, 0.1) is 5.52 Å². The topological polar surface area (TPSA) is 42.1 Å². The van der Waals surface area contributed by atoms with E-state index in [4.69, 9.17) is 5.73 Å². The van der Waals surface area contributed by atoms with E-state index in [-0.39, 0.29) is 17.8 Å². The average Bonchev–Trinajstić information content (AvgIpc) is 2.96. The van der Waals surface area contributed by atoms with Crippen LogP contribution < -0.4 is 5.73 Å². The van der Waals surface area contributed by atoms with E-state index in [2.05, 4.69) is 34.1 Å². The Hall–Kier alpha value is -2.30. The number of hydrogen-bond donors (Lipinski definition) is 1. The molecule has 4 rings (SSSR count). The van der Waals surface area contributed by atoms with Crippen molar-refractivity contribution < 1.29 is 4.39 Å². The summed E-state index contributed by atoms with van der Waals surface area (Å²) in [5, 5.41) is 1.16. The minimum absolute atomic E-state index is 0.0680. The highest BCUT2D eigenvalue weighted by Gasteiger charge is 2.31. The predicted molar refractivity (Wildman–Crippen MR) is 94.1 cm³/mol. The third kappa shape index (κ3) is 2.90. The first kappa shape index (κ1) is 15.2. The van der Waals surface area contributed by atoms with Crippen LogP contribution in [-0.4, -0.2) is 29.0 Å². The molecule has 1 fully saturated rings. The molecule has 0 spiro atoms. The maximum atomic E-state index is 13.1. The van der Waals surface area contributed by atoms with Crippen molar-refractivity contribution in [3.8, 4) is 0 Å². The summed E-state index contributed by atoms with van der Waals surface area (Å²) in [6.07, 6.45) is 1.84. The monoisotopic (exact) mass is 321 g/mol. The lowest BCUT2D eigenvalue weighted by molar-refractivity contribution is 0.325. The second kappa shape index (κ2) is 6.30. The van der Waals surface area contributed by atoms with E-state index in [9.17, 15) is 4.39 Å². The lowest BCUT2D eigenvalue weighted by atomic mass is 9.95. The van der Waals surface area contributed by atoms with Crippen LogP contribution in [0.15, 0.2) is 60.8 Å². The second-order valence-electron chi connectivity index (χ2n) is 6.51. The van der Waals surface area contributed by atoms with E-state index in [0.29, 0.717) is 0 Å². The Bertz CT molecular complexity index is 842. The third-order valence-corrected chi connectivity index (χ3v) is 4.85. The Morgan fingerprint density at radius 1 is 1.04 bits per heavy atom. The molecule has 1 saturated heterocycles. The van der Waals surface area contributed by atoms with Crippen molar-refractivity contribution in [1.82, 2.24) is 9.88 Å². The minimum atomic E-state index is -0.205. The molecule has 0 unspecified atom stereocenters. The standard InChI is InChI=1S/C20H20FN3/c21-17-8-6-14(7-9-17)18-12-24(13-19(18)22)11-16-4-1-3-15-5-2-10-23-20(15)16/h1-10,18-19H,11-13,22H2/t18-,19+/m1/s1. The summed E-state index contributed by atoms with van der Waals surface area (Å²) in [7, 11) is 0. The number of rotatable bonds is 3. The molecule has 0 aliphatic carbocycles. The molecule has 0 saturated carbocycles. The Labute approximate surface area is 140 Å². The number of nitrogens with two attached hydrogens (primary N) is 1. The van der Waals surface area contributed by atoms with Gasteiger partial charge in [0.2, 0.25) is 0 Å². The fourth-order valence-corrected chi connectivity index (χ4v) is 3.64. The van der Waals surface area contributed by atoms with Crippen molar-refractivity contribution in [3.63, 3.8) is 0 Å². The molecule has 24 heavy (non-hydrogen) atoms. The first-order chi connectivity index (χ1) is 11.7. The van der Waals surface area contributed by atoms with Crippen LogP contribution >= 0.6 is 0 Å². The highest BCUT2D eigenvalue weighted by molar-refractivity contribution is 5.81. The van der Waals surface area contributed by atoms with Crippen molar-refractivity contribution in [3.05, 3.63) is 77.7 Å². The number of pyridine rings is 1. The average molecular weight is 321 g/mol. The Balaban J connectivity index is 1.55. The molecule has 2 heterocycles. The number of benzene rings is 2. The van der Waals surface area contributed by atoms with Gasteiger partial charge in [0.1, 0.15) is 5.82 Å². The molecule has 2 N–H and O–H groups in total. The molecular weight excluding hydrogens is 301 g/mol. The van der Waals surface area contributed by atoms with Gasteiger partial charge in [-0.1, -0.05) is 36.4 Å². The van der Waals surface area contributed by atoms with Gasteiger partial charge in [-0.15, -0.1) is 0 Å². The van der Waals surface area contributed by atoms with Crippen molar-refractivity contribution in [2.24, 2.45) is 5.73 Å². The smallest absolute Gasteiger partial charge is 0.123 e. The minimum Gasteiger partial charge on any atom is -0.326 e. The molecule has 3 nitrogen and oxygen atoms in total. The first-order valence-corrected chi connectivity index (χ1v) is 8.27. The molecule has 4 heteroatoms. The quantitative estimate of drug-likeness (QED) is 0.805. The Morgan fingerprint density at radius 2 is 1.83 bits per heavy atom. The Morgan fingerprint density at radius 3 is 2.67 bits per heavy atom. The molecule has 0 amide bonds. The zero-order chi connectivity index (χ0) is 16.5. The maximum absolute atomic E-state index is 13.1. The van der Waals surface area contributed by atoms with Gasteiger partial charge in [-0.2, -0.15) is 0 Å². The summed E-state index contributed by atoms with van der Waals surface area (Å²) in [4.78, 5) is 6.89. The van der Waals surface area contributed by atoms with Crippen LogP contribution in [0.1, 0.15) is 17.0 Å². The number of halogens is 1. The molecule has 0 bridgehead atoms. The van der Waals surface area contributed by atoms with E-state index in [0.717, 1.165) is 36.1 Å². The fraction of sp³-hybridized carbons (Fsp3) is 0.250. The van der Waals surface area contributed by atoms with Crippen LogP contribution in [0.3, 0.4) is 0 Å². The van der Waals surface area contributed by atoms with Gasteiger partial charge < -0.3 is 5.73 Å². The van der Waals surface area contributed by atoms with E-state index in [1.807, 2.05) is 24.4 Å². The molecule has 1 aliphatic heterocycles. The highest BCUT2D eigenvalue weighted by Crippen LogP contribution is 2.28. The molecule has 0 radical (unpaired) electrons. The molecule has 1 aliphatic rings. The van der Waals surface area contributed by atoms with Gasteiger partial charge in [0.25, 0.3) is 0 Å². The second-order valence-corrected chi connectivity index (χ2v) is 6.51. The van der Waals surface area contributed by atoms with Gasteiger partial charge in [-0.05, 0) is 29.3 Å². The van der Waals surface area contributed by atoms with Gasteiger partial charge >= 0.3 is 0 Å². The van der Waals surface area contributed by atoms with Crippen molar-refractivity contribution in [2.45, 2.75) is 18.5 Å². The van der Waals surface area contributed by atoms with Crippen molar-refractivity contribution in [2.75, 3.05) is 13.1 Å². The lowest BCUT2D eigenvalue weighted by Crippen LogP contribution is -2.28. The zero-order valence-electron chi connectivity index (χ0n) is 13.4.